The highest BCUT2D eigenvalue weighted by atomic mass is 35.5. The third-order valence-electron chi connectivity index (χ3n) is 5.19. The Balaban J connectivity index is 0.00000182. The van der Waals surface area contributed by atoms with E-state index in [9.17, 15) is 4.79 Å². The fourth-order valence-corrected chi connectivity index (χ4v) is 4.65. The van der Waals surface area contributed by atoms with Crippen LogP contribution in [0.4, 0.5) is 0 Å². The zero-order chi connectivity index (χ0) is 16.7. The maximum absolute atomic E-state index is 12.7. The summed E-state index contributed by atoms with van der Waals surface area (Å²) in [5.41, 5.74) is 6.15. The summed E-state index contributed by atoms with van der Waals surface area (Å²) in [6, 6.07) is 3.91. The van der Waals surface area contributed by atoms with Crippen molar-refractivity contribution in [3.63, 3.8) is 0 Å². The van der Waals surface area contributed by atoms with E-state index in [1.54, 1.807) is 24.0 Å². The molecule has 2 aromatic rings. The van der Waals surface area contributed by atoms with Gasteiger partial charge >= 0.3 is 0 Å². The van der Waals surface area contributed by atoms with Crippen LogP contribution in [-0.4, -0.2) is 39.5 Å². The average Bonchev–Trinajstić information content (AvgIpc) is 3.32. The second kappa shape index (κ2) is 7.43. The number of aromatic nitrogens is 2. The smallest absolute Gasteiger partial charge is 0.289 e. The number of hydrogen-bond acceptors (Lipinski definition) is 5. The number of carbonyl (C=O) groups is 1. The highest BCUT2D eigenvalue weighted by Crippen LogP contribution is 2.37. The van der Waals surface area contributed by atoms with Crippen LogP contribution in [0.5, 0.6) is 0 Å². The van der Waals surface area contributed by atoms with E-state index in [-0.39, 0.29) is 24.4 Å². The number of imidazole rings is 1. The largest absolute Gasteiger partial charge is 0.455 e. The van der Waals surface area contributed by atoms with Crippen molar-refractivity contribution in [2.24, 2.45) is 24.6 Å². The fourth-order valence-electron chi connectivity index (χ4n) is 3.83. The highest BCUT2D eigenvalue weighted by molar-refractivity contribution is 7.98. The molecule has 2 aromatic heterocycles. The first-order valence-electron chi connectivity index (χ1n) is 8.35. The molecule has 0 aromatic carbocycles. The van der Waals surface area contributed by atoms with Crippen molar-refractivity contribution in [3.8, 4) is 0 Å². The number of rotatable bonds is 4. The molecule has 1 saturated heterocycles. The standard InChI is InChI=1S/C17H22N4O2S.ClH/c1-20-7-6-19-17(20)24-10-12-3-5-15(23-12)16(22)21-8-11-2-4-14(18)13(11)9-21;/h3,5-7,11,13-14H,2,4,8-10,18H2,1H3;1H. The molecule has 1 amide bonds. The molecule has 25 heavy (non-hydrogen) atoms. The van der Waals surface area contributed by atoms with Crippen molar-refractivity contribution in [3.05, 3.63) is 36.0 Å². The summed E-state index contributed by atoms with van der Waals surface area (Å²) in [4.78, 5) is 18.8. The molecule has 3 heterocycles. The summed E-state index contributed by atoms with van der Waals surface area (Å²) >= 11 is 1.59. The van der Waals surface area contributed by atoms with Gasteiger partial charge in [0, 0.05) is 38.6 Å². The van der Waals surface area contributed by atoms with Gasteiger partial charge in [0.1, 0.15) is 5.76 Å². The molecule has 1 saturated carbocycles. The highest BCUT2D eigenvalue weighted by Gasteiger charge is 2.43. The molecule has 1 aliphatic carbocycles. The second-order valence-electron chi connectivity index (χ2n) is 6.75. The predicted molar refractivity (Wildman–Crippen MR) is 98.8 cm³/mol. The Morgan fingerprint density at radius 2 is 2.24 bits per heavy atom. The van der Waals surface area contributed by atoms with E-state index in [0.717, 1.165) is 36.8 Å². The van der Waals surface area contributed by atoms with E-state index >= 15 is 0 Å². The lowest BCUT2D eigenvalue weighted by Crippen LogP contribution is -2.33. The van der Waals surface area contributed by atoms with Crippen molar-refractivity contribution in [1.29, 1.82) is 0 Å². The lowest BCUT2D eigenvalue weighted by atomic mass is 9.98. The minimum atomic E-state index is -0.00941. The Morgan fingerprint density at radius 3 is 2.96 bits per heavy atom. The quantitative estimate of drug-likeness (QED) is 0.822. The monoisotopic (exact) mass is 382 g/mol. The first-order chi connectivity index (χ1) is 11.6. The van der Waals surface area contributed by atoms with E-state index in [0.29, 0.717) is 23.3 Å². The number of aryl methyl sites for hydroxylation is 1. The van der Waals surface area contributed by atoms with Crippen molar-refractivity contribution >= 4 is 30.1 Å². The lowest BCUT2D eigenvalue weighted by Gasteiger charge is -2.17. The number of furan rings is 1. The molecule has 0 spiro atoms. The zero-order valence-electron chi connectivity index (χ0n) is 14.1. The third-order valence-corrected chi connectivity index (χ3v) is 6.27. The van der Waals surface area contributed by atoms with Gasteiger partial charge in [-0.05, 0) is 36.8 Å². The number of thioether (sulfide) groups is 1. The Hall–Kier alpha value is -1.44. The summed E-state index contributed by atoms with van der Waals surface area (Å²) in [5, 5.41) is 0.931. The van der Waals surface area contributed by atoms with Crippen molar-refractivity contribution < 1.29 is 9.21 Å². The van der Waals surface area contributed by atoms with E-state index in [1.165, 1.54) is 0 Å². The van der Waals surface area contributed by atoms with Crippen LogP contribution in [0.15, 0.2) is 34.1 Å². The number of halogens is 1. The van der Waals surface area contributed by atoms with Gasteiger partial charge in [0.25, 0.3) is 5.91 Å². The van der Waals surface area contributed by atoms with Crippen LogP contribution < -0.4 is 5.73 Å². The molecule has 136 valence electrons. The number of nitrogens with zero attached hydrogens (tertiary/aromatic N) is 3. The third kappa shape index (κ3) is 3.59. The molecule has 0 bridgehead atoms. The molecule has 2 fully saturated rings. The van der Waals surface area contributed by atoms with Crippen LogP contribution in [0, 0.1) is 11.8 Å². The number of amides is 1. The van der Waals surface area contributed by atoms with Gasteiger partial charge in [-0.25, -0.2) is 4.98 Å². The predicted octanol–water partition coefficient (Wildman–Crippen LogP) is 2.54. The van der Waals surface area contributed by atoms with E-state index < -0.39 is 0 Å². The molecule has 3 atom stereocenters. The first-order valence-corrected chi connectivity index (χ1v) is 9.34. The lowest BCUT2D eigenvalue weighted by molar-refractivity contribution is 0.0746. The number of hydrogen-bond donors (Lipinski definition) is 1. The molecular weight excluding hydrogens is 360 g/mol. The van der Waals surface area contributed by atoms with Gasteiger partial charge in [-0.2, -0.15) is 0 Å². The minimum Gasteiger partial charge on any atom is -0.455 e. The maximum atomic E-state index is 12.7. The molecule has 2 aliphatic rings. The van der Waals surface area contributed by atoms with Crippen molar-refractivity contribution in [2.45, 2.75) is 29.8 Å². The van der Waals surface area contributed by atoms with Crippen LogP contribution >= 0.6 is 24.2 Å². The Morgan fingerprint density at radius 1 is 1.40 bits per heavy atom. The van der Waals surface area contributed by atoms with Crippen LogP contribution in [0.25, 0.3) is 0 Å². The summed E-state index contributed by atoms with van der Waals surface area (Å²) in [7, 11) is 1.96. The number of nitrogens with two attached hydrogens (primary N) is 1. The fraction of sp³-hybridized carbons (Fsp3) is 0.529. The van der Waals surface area contributed by atoms with Crippen molar-refractivity contribution in [2.75, 3.05) is 13.1 Å². The van der Waals surface area contributed by atoms with Gasteiger partial charge in [-0.1, -0.05) is 11.8 Å². The van der Waals surface area contributed by atoms with Gasteiger partial charge in [0.05, 0.1) is 5.75 Å². The molecule has 0 radical (unpaired) electrons. The van der Waals surface area contributed by atoms with E-state index in [1.807, 2.05) is 28.8 Å². The molecule has 6 nitrogen and oxygen atoms in total. The summed E-state index contributed by atoms with van der Waals surface area (Å²) < 4.78 is 7.73. The van der Waals surface area contributed by atoms with Crippen LogP contribution in [0.1, 0.15) is 29.2 Å². The van der Waals surface area contributed by atoms with Gasteiger partial charge < -0.3 is 19.6 Å². The summed E-state index contributed by atoms with van der Waals surface area (Å²) in [6.45, 7) is 1.58. The summed E-state index contributed by atoms with van der Waals surface area (Å²) in [5.74, 6) is 2.90. The minimum absolute atomic E-state index is 0. The van der Waals surface area contributed by atoms with Gasteiger partial charge in [-0.15, -0.1) is 12.4 Å². The molecule has 4 rings (SSSR count). The topological polar surface area (TPSA) is 77.3 Å². The normalized spacial score (nSPS) is 25.0. The van der Waals surface area contributed by atoms with Crippen molar-refractivity contribution in [1.82, 2.24) is 14.5 Å². The van der Waals surface area contributed by atoms with Crippen LogP contribution in [0.3, 0.4) is 0 Å². The number of carbonyl (C=O) groups excluding carboxylic acids is 1. The Labute approximate surface area is 157 Å². The van der Waals surface area contributed by atoms with Gasteiger partial charge in [-0.3, -0.25) is 4.79 Å². The van der Waals surface area contributed by atoms with E-state index in [2.05, 4.69) is 4.98 Å². The SMILES string of the molecule is Cl.Cn1ccnc1SCc1ccc(C(=O)N2CC3CCC(N)C3C2)o1. The molecule has 1 aliphatic heterocycles. The van der Waals surface area contributed by atoms with Crippen LogP contribution in [0.2, 0.25) is 0 Å². The molecule has 2 N–H and O–H groups in total. The maximum Gasteiger partial charge on any atom is 0.289 e. The average molecular weight is 383 g/mol. The Kier molecular flexibility index (Phi) is 5.46. The van der Waals surface area contributed by atoms with Gasteiger partial charge in [0.2, 0.25) is 0 Å². The van der Waals surface area contributed by atoms with Gasteiger partial charge in [0.15, 0.2) is 10.9 Å². The number of likely N-dealkylation sites (tertiary alicyclic amines) is 1. The summed E-state index contributed by atoms with van der Waals surface area (Å²) in [6.07, 6.45) is 5.91. The van der Waals surface area contributed by atoms with E-state index in [4.69, 9.17) is 10.2 Å². The number of fused-ring (bicyclic) bond motifs is 1. The zero-order valence-corrected chi connectivity index (χ0v) is 15.8. The molecular formula is C17H23ClN4O2S. The second-order valence-corrected chi connectivity index (χ2v) is 7.69. The first kappa shape index (κ1) is 18.4. The molecule has 8 heteroatoms. The Bertz CT molecular complexity index is 747. The molecule has 3 unspecified atom stereocenters. The van der Waals surface area contributed by atoms with Crippen LogP contribution in [-0.2, 0) is 12.8 Å².